The molecule has 21 heavy (non-hydrogen) atoms. The van der Waals surface area contributed by atoms with Gasteiger partial charge in [-0.05, 0) is 37.3 Å². The third-order valence-corrected chi connectivity index (χ3v) is 2.93. The van der Waals surface area contributed by atoms with Gasteiger partial charge in [-0.2, -0.15) is 0 Å². The van der Waals surface area contributed by atoms with Crippen molar-refractivity contribution in [2.75, 3.05) is 12.4 Å². The first kappa shape index (κ1) is 14.8. The molecule has 0 atom stereocenters. The lowest BCUT2D eigenvalue weighted by Crippen LogP contribution is -2.09. The number of halogens is 1. The van der Waals surface area contributed by atoms with Crippen LogP contribution in [0.15, 0.2) is 48.5 Å². The molecule has 0 aliphatic heterocycles. The molecule has 4 heteroatoms. The molecule has 0 radical (unpaired) electrons. The molecule has 3 nitrogen and oxygen atoms in total. The zero-order chi connectivity index (χ0) is 15.2. The Morgan fingerprint density at radius 3 is 2.71 bits per heavy atom. The first-order chi connectivity index (χ1) is 10.1. The Hall–Kier alpha value is -2.62. The van der Waals surface area contributed by atoms with Crippen LogP contribution in [0.4, 0.5) is 10.1 Å². The highest BCUT2D eigenvalue weighted by molar-refractivity contribution is 6.02. The number of benzene rings is 2. The summed E-state index contributed by atoms with van der Waals surface area (Å²) in [6, 6.07) is 11.7. The zero-order valence-corrected chi connectivity index (χ0v) is 11.9. The molecule has 108 valence electrons. The average molecular weight is 285 g/mol. The van der Waals surface area contributed by atoms with E-state index in [2.05, 4.69) is 5.32 Å². The predicted molar refractivity (Wildman–Crippen MR) is 81.8 cm³/mol. The summed E-state index contributed by atoms with van der Waals surface area (Å²) in [7, 11) is 1.57. The van der Waals surface area contributed by atoms with E-state index in [1.54, 1.807) is 25.3 Å². The standard InChI is InChI=1S/C17H16FNO2/c1-12-7-9-16(21-2)13(11-12)8-10-17(20)19-15-6-4-3-5-14(15)18/h3-11H,1-2H3,(H,19,20)/b10-8+. The van der Waals surface area contributed by atoms with Gasteiger partial charge in [-0.25, -0.2) is 4.39 Å². The first-order valence-corrected chi connectivity index (χ1v) is 6.48. The molecule has 2 rings (SSSR count). The molecule has 1 amide bonds. The van der Waals surface area contributed by atoms with Crippen molar-refractivity contribution in [3.05, 3.63) is 65.5 Å². The van der Waals surface area contributed by atoms with Gasteiger partial charge >= 0.3 is 0 Å². The van der Waals surface area contributed by atoms with E-state index in [0.29, 0.717) is 5.75 Å². The zero-order valence-electron chi connectivity index (χ0n) is 11.9. The van der Waals surface area contributed by atoms with Crippen LogP contribution in [0.25, 0.3) is 6.08 Å². The van der Waals surface area contributed by atoms with Crippen molar-refractivity contribution >= 4 is 17.7 Å². The fraction of sp³-hybridized carbons (Fsp3) is 0.118. The van der Waals surface area contributed by atoms with Gasteiger partial charge in [0.25, 0.3) is 0 Å². The maximum absolute atomic E-state index is 13.4. The third-order valence-electron chi connectivity index (χ3n) is 2.93. The second-order valence-electron chi connectivity index (χ2n) is 4.55. The van der Waals surface area contributed by atoms with Gasteiger partial charge in [0.05, 0.1) is 12.8 Å². The maximum atomic E-state index is 13.4. The van der Waals surface area contributed by atoms with E-state index in [0.717, 1.165) is 11.1 Å². The molecule has 0 spiro atoms. The molecule has 0 fully saturated rings. The number of methoxy groups -OCH3 is 1. The Labute approximate surface area is 123 Å². The number of para-hydroxylation sites is 1. The fourth-order valence-electron chi connectivity index (χ4n) is 1.89. The second-order valence-corrected chi connectivity index (χ2v) is 4.55. The number of hydrogen-bond acceptors (Lipinski definition) is 2. The molecule has 0 saturated carbocycles. The van der Waals surface area contributed by atoms with E-state index in [4.69, 9.17) is 4.74 Å². The minimum atomic E-state index is -0.465. The van der Waals surface area contributed by atoms with Crippen molar-refractivity contribution in [1.29, 1.82) is 0 Å². The molecule has 2 aromatic rings. The minimum Gasteiger partial charge on any atom is -0.496 e. The molecule has 0 unspecified atom stereocenters. The van der Waals surface area contributed by atoms with Crippen molar-refractivity contribution in [1.82, 2.24) is 0 Å². The summed E-state index contributed by atoms with van der Waals surface area (Å²) >= 11 is 0. The smallest absolute Gasteiger partial charge is 0.248 e. The van der Waals surface area contributed by atoms with Gasteiger partial charge in [-0.1, -0.05) is 23.8 Å². The van der Waals surface area contributed by atoms with E-state index < -0.39 is 11.7 Å². The highest BCUT2D eigenvalue weighted by Crippen LogP contribution is 2.21. The third kappa shape index (κ3) is 3.92. The summed E-state index contributed by atoms with van der Waals surface area (Å²) in [5.41, 5.74) is 2.01. The first-order valence-electron chi connectivity index (χ1n) is 6.48. The van der Waals surface area contributed by atoms with E-state index in [1.165, 1.54) is 18.2 Å². The van der Waals surface area contributed by atoms with Crippen LogP contribution in [0.2, 0.25) is 0 Å². The van der Waals surface area contributed by atoms with Crippen LogP contribution < -0.4 is 10.1 Å². The molecule has 0 aliphatic rings. The summed E-state index contributed by atoms with van der Waals surface area (Å²) in [5, 5.41) is 2.49. The topological polar surface area (TPSA) is 38.3 Å². The van der Waals surface area contributed by atoms with Crippen molar-refractivity contribution in [3.8, 4) is 5.75 Å². The van der Waals surface area contributed by atoms with Crippen molar-refractivity contribution in [3.63, 3.8) is 0 Å². The second kappa shape index (κ2) is 6.70. The summed E-state index contributed by atoms with van der Waals surface area (Å²) in [4.78, 5) is 11.8. The van der Waals surface area contributed by atoms with Crippen LogP contribution in [0.5, 0.6) is 5.75 Å². The van der Waals surface area contributed by atoms with E-state index in [1.807, 2.05) is 25.1 Å². The highest BCUT2D eigenvalue weighted by Gasteiger charge is 2.04. The summed E-state index contributed by atoms with van der Waals surface area (Å²) < 4.78 is 18.7. The number of carbonyl (C=O) groups excluding carboxylic acids is 1. The maximum Gasteiger partial charge on any atom is 0.248 e. The quantitative estimate of drug-likeness (QED) is 0.868. The predicted octanol–water partition coefficient (Wildman–Crippen LogP) is 3.79. The number of amides is 1. The van der Waals surface area contributed by atoms with E-state index >= 15 is 0 Å². The number of hydrogen-bond donors (Lipinski definition) is 1. The van der Waals surface area contributed by atoms with Crippen LogP contribution >= 0.6 is 0 Å². The number of nitrogens with one attached hydrogen (secondary N) is 1. The fourth-order valence-corrected chi connectivity index (χ4v) is 1.89. The largest absolute Gasteiger partial charge is 0.496 e. The van der Waals surface area contributed by atoms with Crippen molar-refractivity contribution in [2.45, 2.75) is 6.92 Å². The SMILES string of the molecule is COc1ccc(C)cc1/C=C/C(=O)Nc1ccccc1F. The number of carbonyl (C=O) groups is 1. The number of anilines is 1. The monoisotopic (exact) mass is 285 g/mol. The molecule has 0 aromatic heterocycles. The summed E-state index contributed by atoms with van der Waals surface area (Å²) in [6.07, 6.45) is 2.99. The van der Waals surface area contributed by atoms with Gasteiger partial charge in [0.1, 0.15) is 11.6 Å². The van der Waals surface area contributed by atoms with Crippen LogP contribution in [0.1, 0.15) is 11.1 Å². The Bertz CT molecular complexity index is 680. The van der Waals surface area contributed by atoms with Crippen LogP contribution in [0, 0.1) is 12.7 Å². The molecule has 1 N–H and O–H groups in total. The summed E-state index contributed by atoms with van der Waals surface area (Å²) in [6.45, 7) is 1.95. The van der Waals surface area contributed by atoms with E-state index in [-0.39, 0.29) is 5.69 Å². The van der Waals surface area contributed by atoms with Crippen molar-refractivity contribution in [2.24, 2.45) is 0 Å². The van der Waals surface area contributed by atoms with Gasteiger partial charge < -0.3 is 10.1 Å². The summed E-state index contributed by atoms with van der Waals surface area (Å²) in [5.74, 6) is -0.188. The lowest BCUT2D eigenvalue weighted by Gasteiger charge is -2.06. The Morgan fingerprint density at radius 2 is 2.00 bits per heavy atom. The molecule has 0 heterocycles. The van der Waals surface area contributed by atoms with Crippen LogP contribution in [-0.4, -0.2) is 13.0 Å². The van der Waals surface area contributed by atoms with Crippen LogP contribution in [-0.2, 0) is 4.79 Å². The lowest BCUT2D eigenvalue weighted by molar-refractivity contribution is -0.111. The Balaban J connectivity index is 2.12. The lowest BCUT2D eigenvalue weighted by atomic mass is 10.1. The number of ether oxygens (including phenoxy) is 1. The van der Waals surface area contributed by atoms with Gasteiger partial charge in [-0.15, -0.1) is 0 Å². The molecule has 0 saturated heterocycles. The Morgan fingerprint density at radius 1 is 1.24 bits per heavy atom. The molecular weight excluding hydrogens is 269 g/mol. The highest BCUT2D eigenvalue weighted by atomic mass is 19.1. The van der Waals surface area contributed by atoms with Crippen LogP contribution in [0.3, 0.4) is 0 Å². The van der Waals surface area contributed by atoms with Gasteiger partial charge in [-0.3, -0.25) is 4.79 Å². The minimum absolute atomic E-state index is 0.156. The Kier molecular flexibility index (Phi) is 4.72. The number of rotatable bonds is 4. The molecule has 2 aromatic carbocycles. The van der Waals surface area contributed by atoms with Gasteiger partial charge in [0.2, 0.25) is 5.91 Å². The molecular formula is C17H16FNO2. The average Bonchev–Trinajstić information content (AvgIpc) is 2.48. The normalized spacial score (nSPS) is 10.6. The molecule has 0 aliphatic carbocycles. The van der Waals surface area contributed by atoms with E-state index in [9.17, 15) is 9.18 Å². The van der Waals surface area contributed by atoms with Crippen molar-refractivity contribution < 1.29 is 13.9 Å². The molecule has 0 bridgehead atoms. The number of aryl methyl sites for hydroxylation is 1. The van der Waals surface area contributed by atoms with Gasteiger partial charge in [0, 0.05) is 11.6 Å². The van der Waals surface area contributed by atoms with Gasteiger partial charge in [0.15, 0.2) is 0 Å².